The summed E-state index contributed by atoms with van der Waals surface area (Å²) in [5, 5.41) is 8.81. The highest BCUT2D eigenvalue weighted by Crippen LogP contribution is 2.26. The van der Waals surface area contributed by atoms with E-state index in [1.165, 1.54) is 11.3 Å². The number of aromatic carboxylic acids is 1. The summed E-state index contributed by atoms with van der Waals surface area (Å²) in [5.74, 6) is -0.0594. The minimum absolute atomic E-state index is 0.343. The fourth-order valence-electron chi connectivity index (χ4n) is 1.36. The molecule has 0 radical (unpaired) electrons. The Hall–Kier alpha value is -1.62. The first-order valence-electron chi connectivity index (χ1n) is 4.57. The van der Waals surface area contributed by atoms with Crippen LogP contribution in [0, 0.1) is 0 Å². The first-order valence-corrected chi connectivity index (χ1v) is 5.38. The summed E-state index contributed by atoms with van der Waals surface area (Å²) < 4.78 is 1.98. The molecule has 0 saturated carbocycles. The van der Waals surface area contributed by atoms with Crippen molar-refractivity contribution in [3.8, 4) is 10.7 Å². The molecule has 5 heteroatoms. The highest BCUT2D eigenvalue weighted by Gasteiger charge is 2.11. The highest BCUT2D eigenvalue weighted by molar-refractivity contribution is 7.17. The van der Waals surface area contributed by atoms with E-state index in [2.05, 4.69) is 4.98 Å². The molecule has 0 aliphatic rings. The van der Waals surface area contributed by atoms with Gasteiger partial charge in [0.25, 0.3) is 0 Å². The van der Waals surface area contributed by atoms with Crippen LogP contribution in [0.3, 0.4) is 0 Å². The zero-order valence-electron chi connectivity index (χ0n) is 8.17. The zero-order valence-corrected chi connectivity index (χ0v) is 8.99. The lowest BCUT2D eigenvalue weighted by Crippen LogP contribution is -1.94. The third-order valence-electron chi connectivity index (χ3n) is 2.09. The topological polar surface area (TPSA) is 55.1 Å². The van der Waals surface area contributed by atoms with Crippen molar-refractivity contribution < 1.29 is 9.90 Å². The van der Waals surface area contributed by atoms with Gasteiger partial charge in [-0.25, -0.2) is 9.78 Å². The lowest BCUT2D eigenvalue weighted by Gasteiger charge is -2.00. The second-order valence-electron chi connectivity index (χ2n) is 3.01. The third-order valence-corrected chi connectivity index (χ3v) is 3.16. The van der Waals surface area contributed by atoms with Crippen molar-refractivity contribution in [3.05, 3.63) is 29.4 Å². The molecule has 0 aromatic carbocycles. The predicted octanol–water partition coefficient (Wildman–Crippen LogP) is 2.33. The van der Waals surface area contributed by atoms with E-state index < -0.39 is 5.97 Å². The minimum atomic E-state index is -0.888. The standard InChI is InChI=1S/C10H10N2O2S/c1-2-12-6-5-11-9(12)7-3-4-8(15-7)10(13)14/h3-6H,2H2,1H3,(H,13,14). The smallest absolute Gasteiger partial charge is 0.345 e. The van der Waals surface area contributed by atoms with Crippen LogP contribution in [0.15, 0.2) is 24.5 Å². The van der Waals surface area contributed by atoms with Gasteiger partial charge in [0.15, 0.2) is 0 Å². The molecule has 78 valence electrons. The number of carboxylic acid groups (broad SMARTS) is 1. The number of carbonyl (C=O) groups is 1. The van der Waals surface area contributed by atoms with Gasteiger partial charge in [-0.3, -0.25) is 0 Å². The molecular formula is C10H10N2O2S. The van der Waals surface area contributed by atoms with Gasteiger partial charge >= 0.3 is 5.97 Å². The van der Waals surface area contributed by atoms with E-state index in [4.69, 9.17) is 5.11 Å². The Balaban J connectivity index is 2.41. The van der Waals surface area contributed by atoms with Gasteiger partial charge in [-0.15, -0.1) is 11.3 Å². The maximum Gasteiger partial charge on any atom is 0.345 e. The van der Waals surface area contributed by atoms with Crippen LogP contribution in [-0.2, 0) is 6.54 Å². The largest absolute Gasteiger partial charge is 0.477 e. The van der Waals surface area contributed by atoms with Gasteiger partial charge in [-0.1, -0.05) is 0 Å². The average molecular weight is 222 g/mol. The summed E-state index contributed by atoms with van der Waals surface area (Å²) in [7, 11) is 0. The molecule has 0 aliphatic carbocycles. The van der Waals surface area contributed by atoms with E-state index in [0.717, 1.165) is 17.2 Å². The third kappa shape index (κ3) is 1.78. The maximum absolute atomic E-state index is 10.7. The molecule has 4 nitrogen and oxygen atoms in total. The number of thiophene rings is 1. The monoisotopic (exact) mass is 222 g/mol. The summed E-state index contributed by atoms with van der Waals surface area (Å²) in [6, 6.07) is 3.40. The number of rotatable bonds is 3. The zero-order chi connectivity index (χ0) is 10.8. The van der Waals surface area contributed by atoms with E-state index in [9.17, 15) is 4.79 Å². The van der Waals surface area contributed by atoms with Gasteiger partial charge in [0.05, 0.1) is 4.88 Å². The SMILES string of the molecule is CCn1ccnc1-c1ccc(C(=O)O)s1. The van der Waals surface area contributed by atoms with Gasteiger partial charge in [0.2, 0.25) is 0 Å². The number of hydrogen-bond acceptors (Lipinski definition) is 3. The molecule has 2 rings (SSSR count). The van der Waals surface area contributed by atoms with Crippen molar-refractivity contribution in [1.29, 1.82) is 0 Å². The molecule has 2 aromatic heterocycles. The number of aryl methyl sites for hydroxylation is 1. The Morgan fingerprint density at radius 1 is 1.60 bits per heavy atom. The fourth-order valence-corrected chi connectivity index (χ4v) is 2.22. The maximum atomic E-state index is 10.7. The average Bonchev–Trinajstić information content (AvgIpc) is 2.85. The number of carboxylic acids is 1. The molecule has 2 heterocycles. The molecule has 0 atom stereocenters. The van der Waals surface area contributed by atoms with Crippen LogP contribution in [0.4, 0.5) is 0 Å². The molecule has 0 bridgehead atoms. The molecule has 0 saturated heterocycles. The molecule has 1 N–H and O–H groups in total. The molecule has 15 heavy (non-hydrogen) atoms. The van der Waals surface area contributed by atoms with Gasteiger partial charge in [0.1, 0.15) is 10.7 Å². The van der Waals surface area contributed by atoms with Crippen LogP contribution in [0.2, 0.25) is 0 Å². The summed E-state index contributed by atoms with van der Waals surface area (Å²) >= 11 is 1.25. The van der Waals surface area contributed by atoms with Crippen LogP contribution < -0.4 is 0 Å². The van der Waals surface area contributed by atoms with Crippen molar-refractivity contribution in [3.63, 3.8) is 0 Å². The second kappa shape index (κ2) is 3.86. The molecule has 0 unspecified atom stereocenters. The van der Waals surface area contributed by atoms with E-state index in [1.807, 2.05) is 17.7 Å². The summed E-state index contributed by atoms with van der Waals surface area (Å²) in [6.07, 6.45) is 3.61. The number of imidazole rings is 1. The predicted molar refractivity (Wildman–Crippen MR) is 58.2 cm³/mol. The normalized spacial score (nSPS) is 10.5. The van der Waals surface area contributed by atoms with Gasteiger partial charge < -0.3 is 9.67 Å². The Bertz CT molecular complexity index is 487. The molecule has 0 fully saturated rings. The quantitative estimate of drug-likeness (QED) is 0.867. The summed E-state index contributed by atoms with van der Waals surface area (Å²) in [4.78, 5) is 16.2. The second-order valence-corrected chi connectivity index (χ2v) is 4.09. The molecule has 2 aromatic rings. The van der Waals surface area contributed by atoms with Crippen molar-refractivity contribution in [2.45, 2.75) is 13.5 Å². The van der Waals surface area contributed by atoms with Crippen LogP contribution >= 0.6 is 11.3 Å². The van der Waals surface area contributed by atoms with E-state index in [-0.39, 0.29) is 0 Å². The van der Waals surface area contributed by atoms with E-state index in [1.54, 1.807) is 18.3 Å². The number of aromatic nitrogens is 2. The number of hydrogen-bond donors (Lipinski definition) is 1. The fraction of sp³-hybridized carbons (Fsp3) is 0.200. The van der Waals surface area contributed by atoms with Crippen molar-refractivity contribution in [2.24, 2.45) is 0 Å². The van der Waals surface area contributed by atoms with Crippen LogP contribution in [0.25, 0.3) is 10.7 Å². The molecule has 0 spiro atoms. The van der Waals surface area contributed by atoms with Crippen LogP contribution in [0.1, 0.15) is 16.6 Å². The Labute approximate surface area is 90.8 Å². The molecule has 0 amide bonds. The Morgan fingerprint density at radius 2 is 2.40 bits per heavy atom. The summed E-state index contributed by atoms with van der Waals surface area (Å²) in [6.45, 7) is 2.85. The Kier molecular flexibility index (Phi) is 2.55. The summed E-state index contributed by atoms with van der Waals surface area (Å²) in [5.41, 5.74) is 0. The van der Waals surface area contributed by atoms with Crippen molar-refractivity contribution >= 4 is 17.3 Å². The van der Waals surface area contributed by atoms with Crippen LogP contribution in [0.5, 0.6) is 0 Å². The van der Waals surface area contributed by atoms with Gasteiger partial charge in [0, 0.05) is 18.9 Å². The van der Waals surface area contributed by atoms with Crippen LogP contribution in [-0.4, -0.2) is 20.6 Å². The van der Waals surface area contributed by atoms with Gasteiger partial charge in [-0.2, -0.15) is 0 Å². The molecule has 0 aliphatic heterocycles. The number of nitrogens with zero attached hydrogens (tertiary/aromatic N) is 2. The minimum Gasteiger partial charge on any atom is -0.477 e. The van der Waals surface area contributed by atoms with Crippen molar-refractivity contribution in [1.82, 2.24) is 9.55 Å². The Morgan fingerprint density at radius 3 is 3.00 bits per heavy atom. The lowest BCUT2D eigenvalue weighted by molar-refractivity contribution is 0.0702. The van der Waals surface area contributed by atoms with Gasteiger partial charge in [-0.05, 0) is 19.1 Å². The highest BCUT2D eigenvalue weighted by atomic mass is 32.1. The first-order chi connectivity index (χ1) is 7.22. The van der Waals surface area contributed by atoms with E-state index in [0.29, 0.717) is 4.88 Å². The van der Waals surface area contributed by atoms with E-state index >= 15 is 0 Å². The molecular weight excluding hydrogens is 212 g/mol. The van der Waals surface area contributed by atoms with Crippen molar-refractivity contribution in [2.75, 3.05) is 0 Å². The first kappa shape index (κ1) is 9.92. The lowest BCUT2D eigenvalue weighted by atomic mass is 10.4.